The Bertz CT molecular complexity index is 1450. The quantitative estimate of drug-likeness (QED) is 0.212. The van der Waals surface area contributed by atoms with E-state index in [1.807, 2.05) is 30.3 Å². The second kappa shape index (κ2) is 14.1. The van der Waals surface area contributed by atoms with E-state index in [0.717, 1.165) is 18.4 Å². The van der Waals surface area contributed by atoms with E-state index >= 15 is 0 Å². The number of hydrogen-bond donors (Lipinski definition) is 4. The highest BCUT2D eigenvalue weighted by atomic mass is 16.7. The van der Waals surface area contributed by atoms with Gasteiger partial charge in [-0.15, -0.1) is 0 Å². The van der Waals surface area contributed by atoms with Gasteiger partial charge in [-0.25, -0.2) is 4.79 Å². The minimum atomic E-state index is -0.890. The summed E-state index contributed by atoms with van der Waals surface area (Å²) in [5, 5.41) is 8.50. The molecule has 1 aliphatic heterocycles. The molecule has 4 N–H and O–H groups in total. The van der Waals surface area contributed by atoms with Gasteiger partial charge in [-0.3, -0.25) is 14.4 Å². The van der Waals surface area contributed by atoms with Crippen molar-refractivity contribution in [1.29, 1.82) is 0 Å². The molecule has 0 unspecified atom stereocenters. The van der Waals surface area contributed by atoms with Crippen LogP contribution in [0.5, 0.6) is 0 Å². The molecule has 0 radical (unpaired) electrons. The Kier molecular flexibility index (Phi) is 10.3. The molecule has 2 aromatic rings. The minimum absolute atomic E-state index is 0.0132. The lowest BCUT2D eigenvalue weighted by Crippen LogP contribution is -2.65. The van der Waals surface area contributed by atoms with Crippen molar-refractivity contribution in [3.63, 3.8) is 0 Å². The highest BCUT2D eigenvalue weighted by Gasteiger charge is 2.68. The Labute approximate surface area is 277 Å². The van der Waals surface area contributed by atoms with Crippen molar-refractivity contribution in [1.82, 2.24) is 21.4 Å². The Morgan fingerprint density at radius 3 is 2.21 bits per heavy atom. The molecule has 47 heavy (non-hydrogen) atoms. The van der Waals surface area contributed by atoms with Crippen molar-refractivity contribution in [3.8, 4) is 0 Å². The molecule has 6 atom stereocenters. The molecule has 11 nitrogen and oxygen atoms in total. The van der Waals surface area contributed by atoms with Crippen LogP contribution in [0.4, 0.5) is 4.79 Å². The molecule has 4 aliphatic rings. The Hall–Kier alpha value is -3.90. The molecule has 1 saturated heterocycles. The van der Waals surface area contributed by atoms with Crippen LogP contribution in [0.25, 0.3) is 0 Å². The zero-order valence-corrected chi connectivity index (χ0v) is 28.1. The van der Waals surface area contributed by atoms with E-state index in [9.17, 15) is 19.2 Å². The molecular weight excluding hydrogens is 599 g/mol. The summed E-state index contributed by atoms with van der Waals surface area (Å²) in [6.45, 7) is 13.1. The van der Waals surface area contributed by atoms with Gasteiger partial charge in [-0.2, -0.15) is 5.48 Å². The summed E-state index contributed by atoms with van der Waals surface area (Å²) in [6.07, 6.45) is 2.21. The number of amides is 4. The molecule has 1 heterocycles. The molecular formula is C35H47BN4O7. The summed E-state index contributed by atoms with van der Waals surface area (Å²) in [5.41, 5.74) is 3.20. The van der Waals surface area contributed by atoms with Gasteiger partial charge in [-0.1, -0.05) is 58.0 Å². The Balaban J connectivity index is 1.28. The second-order valence-electron chi connectivity index (χ2n) is 14.2. The normalized spacial score (nSPS) is 25.1. The van der Waals surface area contributed by atoms with Crippen molar-refractivity contribution in [3.05, 3.63) is 71.3 Å². The van der Waals surface area contributed by atoms with Crippen LogP contribution in [-0.4, -0.2) is 61.2 Å². The maximum atomic E-state index is 14.0. The summed E-state index contributed by atoms with van der Waals surface area (Å²) in [4.78, 5) is 55.9. The summed E-state index contributed by atoms with van der Waals surface area (Å²) in [7, 11) is -0.588. The fourth-order valence-electron chi connectivity index (χ4n) is 7.51. The van der Waals surface area contributed by atoms with E-state index in [2.05, 4.69) is 60.9 Å². The van der Waals surface area contributed by atoms with Gasteiger partial charge >= 0.3 is 13.2 Å². The number of rotatable bonds is 11. The molecule has 2 bridgehead atoms. The first-order chi connectivity index (χ1) is 22.3. The Morgan fingerprint density at radius 1 is 0.936 bits per heavy atom. The zero-order chi connectivity index (χ0) is 33.9. The molecule has 0 spiro atoms. The topological polar surface area (TPSA) is 144 Å². The number of hydroxylamine groups is 1. The van der Waals surface area contributed by atoms with Crippen molar-refractivity contribution in [2.45, 2.75) is 90.9 Å². The lowest BCUT2D eigenvalue weighted by atomic mass is 9.43. The summed E-state index contributed by atoms with van der Waals surface area (Å²) in [5.74, 6) is -0.580. The van der Waals surface area contributed by atoms with Crippen LogP contribution in [0.2, 0.25) is 0 Å². The largest absolute Gasteiger partial charge is 0.481 e. The number of benzene rings is 2. The third kappa shape index (κ3) is 7.49. The van der Waals surface area contributed by atoms with Gasteiger partial charge in [-0.05, 0) is 86.1 Å². The molecule has 252 valence electrons. The van der Waals surface area contributed by atoms with E-state index in [1.165, 1.54) is 24.3 Å². The molecule has 6 rings (SSSR count). The average Bonchev–Trinajstić information content (AvgIpc) is 3.40. The van der Waals surface area contributed by atoms with Crippen LogP contribution in [0.3, 0.4) is 0 Å². The van der Waals surface area contributed by atoms with Crippen molar-refractivity contribution in [2.75, 3.05) is 6.54 Å². The Morgan fingerprint density at radius 2 is 1.60 bits per heavy atom. The van der Waals surface area contributed by atoms with Crippen molar-refractivity contribution >= 4 is 30.9 Å². The van der Waals surface area contributed by atoms with Gasteiger partial charge in [0.2, 0.25) is 5.91 Å². The molecule has 4 amide bonds. The summed E-state index contributed by atoms with van der Waals surface area (Å²) in [6, 6.07) is 14.5. The number of carbonyl (C=O) groups is 4. The minimum Gasteiger partial charge on any atom is -0.404 e. The SMILES string of the molecule is CCNC(=O)ONC(=O)c1ccc(C(=O)N[C@@H](Cc2ccccc2)C(=O)N[C@@H](CC(C)C)B2O[C@H]3C[C@H]4C[C@H](C4(C)C)[C@@]3(C)O2)cc1. The molecule has 2 aromatic carbocycles. The molecule has 0 aromatic heterocycles. The van der Waals surface area contributed by atoms with Gasteiger partial charge < -0.3 is 30.1 Å². The third-order valence-corrected chi connectivity index (χ3v) is 10.2. The van der Waals surface area contributed by atoms with Crippen LogP contribution in [0.1, 0.15) is 87.1 Å². The van der Waals surface area contributed by atoms with Gasteiger partial charge in [0.25, 0.3) is 11.8 Å². The molecule has 3 saturated carbocycles. The standard InChI is InChI=1S/C35H47BN4O7/c1-7-37-33(44)46-40-31(42)24-15-13-23(14-16-24)30(41)38-26(18-22-11-9-8-10-12-22)32(43)39-29(17-21(2)3)36-45-28-20-25-19-27(34(25,4)5)35(28,6)47-36/h8-16,21,25-29H,7,17-20H2,1-6H3,(H,37,44)(H,38,41)(H,39,43)(H,40,42)/t25-,26+,27-,28+,29+,35-/m1/s1. The van der Waals surface area contributed by atoms with E-state index in [-0.39, 0.29) is 40.9 Å². The van der Waals surface area contributed by atoms with Crippen LogP contribution >= 0.6 is 0 Å². The maximum absolute atomic E-state index is 14.0. The predicted molar refractivity (Wildman–Crippen MR) is 177 cm³/mol. The van der Waals surface area contributed by atoms with E-state index in [4.69, 9.17) is 9.31 Å². The molecule has 3 aliphatic carbocycles. The van der Waals surface area contributed by atoms with Crippen LogP contribution in [0.15, 0.2) is 54.6 Å². The van der Waals surface area contributed by atoms with Gasteiger partial charge in [0.15, 0.2) is 0 Å². The second-order valence-corrected chi connectivity index (χ2v) is 14.2. The van der Waals surface area contributed by atoms with Gasteiger partial charge in [0.1, 0.15) is 6.04 Å². The van der Waals surface area contributed by atoms with Crippen LogP contribution in [-0.2, 0) is 25.4 Å². The first-order valence-electron chi connectivity index (χ1n) is 16.6. The lowest BCUT2D eigenvalue weighted by molar-refractivity contribution is -0.199. The van der Waals surface area contributed by atoms with Crippen molar-refractivity contribution < 1.29 is 33.3 Å². The van der Waals surface area contributed by atoms with E-state index < -0.39 is 42.6 Å². The fraction of sp³-hybridized carbons (Fsp3) is 0.543. The molecule has 12 heteroatoms. The number of nitrogens with one attached hydrogen (secondary N) is 4. The highest BCUT2D eigenvalue weighted by Crippen LogP contribution is 2.65. The summed E-state index contributed by atoms with van der Waals surface area (Å²) < 4.78 is 13.3. The maximum Gasteiger partial charge on any atom is 0.481 e. The average molecular weight is 647 g/mol. The zero-order valence-electron chi connectivity index (χ0n) is 28.1. The summed E-state index contributed by atoms with van der Waals surface area (Å²) >= 11 is 0. The lowest BCUT2D eigenvalue weighted by Gasteiger charge is -2.64. The van der Waals surface area contributed by atoms with Crippen molar-refractivity contribution in [2.24, 2.45) is 23.2 Å². The predicted octanol–water partition coefficient (Wildman–Crippen LogP) is 4.22. The molecule has 4 fully saturated rings. The third-order valence-electron chi connectivity index (χ3n) is 10.2. The van der Waals surface area contributed by atoms with E-state index in [1.54, 1.807) is 6.92 Å². The first-order valence-corrected chi connectivity index (χ1v) is 16.6. The van der Waals surface area contributed by atoms with Gasteiger partial charge in [0.05, 0.1) is 17.6 Å². The fourth-order valence-corrected chi connectivity index (χ4v) is 7.51. The van der Waals surface area contributed by atoms with Crippen LogP contribution < -0.4 is 21.4 Å². The number of hydrogen-bond acceptors (Lipinski definition) is 7. The smallest absolute Gasteiger partial charge is 0.404 e. The number of carbonyl (C=O) groups excluding carboxylic acids is 4. The van der Waals surface area contributed by atoms with Gasteiger partial charge in [0, 0.05) is 24.1 Å². The first kappa shape index (κ1) is 34.4. The van der Waals surface area contributed by atoms with Crippen LogP contribution in [0, 0.1) is 23.2 Å². The highest BCUT2D eigenvalue weighted by molar-refractivity contribution is 6.48. The van der Waals surface area contributed by atoms with E-state index in [0.29, 0.717) is 24.8 Å². The monoisotopic (exact) mass is 646 g/mol.